The molecule has 1 aromatic heterocycles. The third-order valence-electron chi connectivity index (χ3n) is 3.58. The number of nitrogens with two attached hydrogens (primary N) is 1. The van der Waals surface area contributed by atoms with E-state index >= 15 is 0 Å². The molecule has 4 heteroatoms. The molecule has 2 aromatic rings. The number of aromatic nitrogens is 2. The van der Waals surface area contributed by atoms with Crippen LogP contribution >= 0.6 is 15.9 Å². The average Bonchev–Trinajstić information content (AvgIpc) is 2.69. The summed E-state index contributed by atoms with van der Waals surface area (Å²) in [5.41, 5.74) is 10.9. The van der Waals surface area contributed by atoms with Gasteiger partial charge in [0.25, 0.3) is 0 Å². The van der Waals surface area contributed by atoms with E-state index in [4.69, 9.17) is 5.73 Å². The number of fused-ring (bicyclic) bond motifs is 1. The zero-order valence-corrected chi connectivity index (χ0v) is 11.9. The highest BCUT2D eigenvalue weighted by Crippen LogP contribution is 2.32. The van der Waals surface area contributed by atoms with Gasteiger partial charge in [-0.25, -0.2) is 4.68 Å². The largest absolute Gasteiger partial charge is 0.324 e. The van der Waals surface area contributed by atoms with Gasteiger partial charge in [0.05, 0.1) is 11.4 Å². The number of nitrogens with zero attached hydrogens (tertiary/aromatic N) is 2. The monoisotopic (exact) mass is 305 g/mol. The standard InChI is InChI=1S/C14H16BrN3/c1-9-14-12(16)3-2-4-13(14)18(17-9)11-7-5-10(15)6-8-11/h5-8,12H,2-4,16H2,1H3. The van der Waals surface area contributed by atoms with E-state index < -0.39 is 0 Å². The molecule has 2 N–H and O–H groups in total. The SMILES string of the molecule is Cc1nn(-c2ccc(Br)cc2)c2c1C(N)CCC2. The van der Waals surface area contributed by atoms with Crippen LogP contribution in [-0.2, 0) is 6.42 Å². The van der Waals surface area contributed by atoms with Gasteiger partial charge in [0.15, 0.2) is 0 Å². The quantitative estimate of drug-likeness (QED) is 0.878. The van der Waals surface area contributed by atoms with Gasteiger partial charge in [-0.1, -0.05) is 15.9 Å². The molecule has 0 radical (unpaired) electrons. The summed E-state index contributed by atoms with van der Waals surface area (Å²) in [6.45, 7) is 2.05. The van der Waals surface area contributed by atoms with Crippen LogP contribution in [0.4, 0.5) is 0 Å². The molecule has 1 heterocycles. The molecule has 18 heavy (non-hydrogen) atoms. The summed E-state index contributed by atoms with van der Waals surface area (Å²) in [5, 5.41) is 4.66. The third-order valence-corrected chi connectivity index (χ3v) is 4.11. The average molecular weight is 306 g/mol. The minimum atomic E-state index is 0.151. The van der Waals surface area contributed by atoms with Crippen molar-refractivity contribution >= 4 is 15.9 Å². The molecule has 1 aliphatic rings. The maximum absolute atomic E-state index is 6.20. The molecule has 0 bridgehead atoms. The van der Waals surface area contributed by atoms with E-state index in [1.807, 2.05) is 12.1 Å². The van der Waals surface area contributed by atoms with Gasteiger partial charge in [-0.15, -0.1) is 0 Å². The molecule has 0 saturated carbocycles. The van der Waals surface area contributed by atoms with Crippen LogP contribution in [0.5, 0.6) is 0 Å². The van der Waals surface area contributed by atoms with Crippen molar-refractivity contribution in [2.75, 3.05) is 0 Å². The molecule has 0 aliphatic heterocycles. The van der Waals surface area contributed by atoms with E-state index in [9.17, 15) is 0 Å². The summed E-state index contributed by atoms with van der Waals surface area (Å²) in [7, 11) is 0. The molecule has 1 aliphatic carbocycles. The highest BCUT2D eigenvalue weighted by molar-refractivity contribution is 9.10. The maximum atomic E-state index is 6.20. The highest BCUT2D eigenvalue weighted by Gasteiger charge is 2.24. The first-order valence-electron chi connectivity index (χ1n) is 6.26. The zero-order chi connectivity index (χ0) is 12.7. The van der Waals surface area contributed by atoms with Crippen molar-refractivity contribution in [2.45, 2.75) is 32.2 Å². The van der Waals surface area contributed by atoms with Crippen LogP contribution in [-0.4, -0.2) is 9.78 Å². The second-order valence-corrected chi connectivity index (χ2v) is 5.75. The van der Waals surface area contributed by atoms with Crippen LogP contribution in [0, 0.1) is 6.92 Å². The molecule has 1 unspecified atom stereocenters. The molecule has 3 rings (SSSR count). The zero-order valence-electron chi connectivity index (χ0n) is 10.4. The third kappa shape index (κ3) is 1.89. The summed E-state index contributed by atoms with van der Waals surface area (Å²) < 4.78 is 3.14. The highest BCUT2D eigenvalue weighted by atomic mass is 79.9. The molecular formula is C14H16BrN3. The molecule has 0 saturated heterocycles. The smallest absolute Gasteiger partial charge is 0.0649 e. The predicted octanol–water partition coefficient (Wildman–Crippen LogP) is 3.28. The minimum absolute atomic E-state index is 0.151. The summed E-state index contributed by atoms with van der Waals surface area (Å²) in [6, 6.07) is 8.40. The van der Waals surface area contributed by atoms with Crippen LogP contribution < -0.4 is 5.73 Å². The molecule has 94 valence electrons. The normalized spacial score (nSPS) is 18.7. The fourth-order valence-corrected chi connectivity index (χ4v) is 3.00. The first-order valence-corrected chi connectivity index (χ1v) is 7.06. The van der Waals surface area contributed by atoms with E-state index in [2.05, 4.69) is 44.8 Å². The van der Waals surface area contributed by atoms with Crippen LogP contribution in [0.15, 0.2) is 28.7 Å². The van der Waals surface area contributed by atoms with Crippen molar-refractivity contribution in [3.63, 3.8) is 0 Å². The number of rotatable bonds is 1. The lowest BCUT2D eigenvalue weighted by Crippen LogP contribution is -2.18. The van der Waals surface area contributed by atoms with Crippen LogP contribution in [0.25, 0.3) is 5.69 Å². The lowest BCUT2D eigenvalue weighted by Gasteiger charge is -2.20. The predicted molar refractivity (Wildman–Crippen MR) is 75.9 cm³/mol. The molecular weight excluding hydrogens is 290 g/mol. The van der Waals surface area contributed by atoms with E-state index in [-0.39, 0.29) is 6.04 Å². The van der Waals surface area contributed by atoms with Crippen LogP contribution in [0.2, 0.25) is 0 Å². The Labute approximate surface area is 115 Å². The summed E-state index contributed by atoms with van der Waals surface area (Å²) >= 11 is 3.46. The summed E-state index contributed by atoms with van der Waals surface area (Å²) in [6.07, 6.45) is 3.29. The van der Waals surface area contributed by atoms with Crippen molar-refractivity contribution in [3.05, 3.63) is 45.7 Å². The first kappa shape index (κ1) is 11.9. The molecule has 1 aromatic carbocycles. The Morgan fingerprint density at radius 3 is 2.78 bits per heavy atom. The lowest BCUT2D eigenvalue weighted by molar-refractivity contribution is 0.557. The van der Waals surface area contributed by atoms with Gasteiger partial charge < -0.3 is 5.73 Å². The van der Waals surface area contributed by atoms with Gasteiger partial charge in [0.2, 0.25) is 0 Å². The van der Waals surface area contributed by atoms with Crippen molar-refractivity contribution in [2.24, 2.45) is 5.73 Å². The number of benzene rings is 1. The van der Waals surface area contributed by atoms with E-state index in [1.165, 1.54) is 11.3 Å². The molecule has 3 nitrogen and oxygen atoms in total. The summed E-state index contributed by atoms with van der Waals surface area (Å²) in [5.74, 6) is 0. The topological polar surface area (TPSA) is 43.8 Å². The Balaban J connectivity index is 2.13. The van der Waals surface area contributed by atoms with Crippen LogP contribution in [0.1, 0.15) is 35.8 Å². The van der Waals surface area contributed by atoms with Crippen molar-refractivity contribution in [1.82, 2.24) is 9.78 Å². The maximum Gasteiger partial charge on any atom is 0.0649 e. The van der Waals surface area contributed by atoms with Crippen molar-refractivity contribution in [1.29, 1.82) is 0 Å². The molecule has 0 fully saturated rings. The summed E-state index contributed by atoms with van der Waals surface area (Å²) in [4.78, 5) is 0. The van der Waals surface area contributed by atoms with Crippen LogP contribution in [0.3, 0.4) is 0 Å². The Kier molecular flexibility index (Phi) is 2.99. The molecule has 1 atom stereocenters. The Hall–Kier alpha value is -1.13. The van der Waals surface area contributed by atoms with Crippen molar-refractivity contribution < 1.29 is 0 Å². The van der Waals surface area contributed by atoms with E-state index in [0.717, 1.165) is 35.1 Å². The fraction of sp³-hybridized carbons (Fsp3) is 0.357. The molecule has 0 spiro atoms. The number of hydrogen-bond acceptors (Lipinski definition) is 2. The minimum Gasteiger partial charge on any atom is -0.324 e. The van der Waals surface area contributed by atoms with Gasteiger partial charge in [-0.3, -0.25) is 0 Å². The van der Waals surface area contributed by atoms with Gasteiger partial charge in [-0.2, -0.15) is 5.10 Å². The van der Waals surface area contributed by atoms with Crippen molar-refractivity contribution in [3.8, 4) is 5.69 Å². The number of hydrogen-bond donors (Lipinski definition) is 1. The Morgan fingerprint density at radius 2 is 2.06 bits per heavy atom. The number of aryl methyl sites for hydroxylation is 1. The van der Waals surface area contributed by atoms with Gasteiger partial charge in [-0.05, 0) is 50.5 Å². The second-order valence-electron chi connectivity index (χ2n) is 4.83. The van der Waals surface area contributed by atoms with E-state index in [0.29, 0.717) is 0 Å². The Bertz CT molecular complexity index is 571. The second kappa shape index (κ2) is 4.52. The molecule has 0 amide bonds. The van der Waals surface area contributed by atoms with Gasteiger partial charge >= 0.3 is 0 Å². The van der Waals surface area contributed by atoms with Gasteiger partial charge in [0.1, 0.15) is 0 Å². The Morgan fingerprint density at radius 1 is 1.33 bits per heavy atom. The van der Waals surface area contributed by atoms with Gasteiger partial charge in [0, 0.05) is 21.8 Å². The lowest BCUT2D eigenvalue weighted by atomic mass is 9.92. The fourth-order valence-electron chi connectivity index (χ4n) is 2.74. The number of halogens is 1. The van der Waals surface area contributed by atoms with E-state index in [1.54, 1.807) is 0 Å². The first-order chi connectivity index (χ1) is 8.66.